The second kappa shape index (κ2) is 6.05. The van der Waals surface area contributed by atoms with Gasteiger partial charge in [0, 0.05) is 25.0 Å². The number of amides is 1. The normalized spacial score (nSPS) is 26.3. The van der Waals surface area contributed by atoms with E-state index in [1.165, 1.54) is 10.6 Å². The number of rotatable bonds is 3. The third-order valence-electron chi connectivity index (χ3n) is 3.91. The summed E-state index contributed by atoms with van der Waals surface area (Å²) in [5.74, 6) is 0.222. The van der Waals surface area contributed by atoms with Crippen LogP contribution < -0.4 is 5.32 Å². The van der Waals surface area contributed by atoms with E-state index in [-0.39, 0.29) is 17.9 Å². The number of piperidine rings is 1. The van der Waals surface area contributed by atoms with Crippen LogP contribution in [0.4, 0.5) is 0 Å². The largest absolute Gasteiger partial charge is 0.353 e. The lowest BCUT2D eigenvalue weighted by Gasteiger charge is -2.31. The maximum atomic E-state index is 12.1. The van der Waals surface area contributed by atoms with Crippen LogP contribution in [0.3, 0.4) is 0 Å². The molecule has 0 aromatic heterocycles. The summed E-state index contributed by atoms with van der Waals surface area (Å²) in [6.07, 6.45) is 9.57. The second-order valence-corrected chi connectivity index (χ2v) is 7.41. The smallest absolute Gasteiger partial charge is 0.223 e. The van der Waals surface area contributed by atoms with Crippen LogP contribution in [0.15, 0.2) is 12.2 Å². The van der Waals surface area contributed by atoms with Gasteiger partial charge < -0.3 is 5.32 Å². The van der Waals surface area contributed by atoms with Gasteiger partial charge in [-0.15, -0.1) is 0 Å². The van der Waals surface area contributed by atoms with Crippen LogP contribution in [-0.4, -0.2) is 44.0 Å². The lowest BCUT2D eigenvalue weighted by atomic mass is 9.93. The van der Waals surface area contributed by atoms with Crippen LogP contribution in [-0.2, 0) is 14.8 Å². The number of carbonyl (C=O) groups excluding carboxylic acids is 1. The molecule has 1 aliphatic carbocycles. The Morgan fingerprint density at radius 3 is 2.42 bits per heavy atom. The molecule has 1 fully saturated rings. The van der Waals surface area contributed by atoms with Crippen molar-refractivity contribution in [1.82, 2.24) is 9.62 Å². The standard InChI is InChI=1S/C13H22N2O3S/c1-19(17,18)15-9-7-12(8-10-15)14-13(16)11-5-3-2-4-6-11/h2-3,11-12H,4-10H2,1H3,(H,14,16). The maximum absolute atomic E-state index is 12.1. The molecule has 1 amide bonds. The monoisotopic (exact) mass is 286 g/mol. The molecule has 1 N–H and O–H groups in total. The van der Waals surface area contributed by atoms with Crippen LogP contribution in [0, 0.1) is 5.92 Å². The summed E-state index contributed by atoms with van der Waals surface area (Å²) in [4.78, 5) is 12.1. The highest BCUT2D eigenvalue weighted by Gasteiger charge is 2.27. The number of allylic oxidation sites excluding steroid dienone is 2. The molecule has 1 aliphatic heterocycles. The summed E-state index contributed by atoms with van der Waals surface area (Å²) in [5, 5.41) is 3.07. The van der Waals surface area contributed by atoms with Crippen molar-refractivity contribution < 1.29 is 13.2 Å². The third kappa shape index (κ3) is 4.04. The minimum absolute atomic E-state index is 0.0953. The Balaban J connectivity index is 1.79. The van der Waals surface area contributed by atoms with Crippen LogP contribution in [0.1, 0.15) is 32.1 Å². The SMILES string of the molecule is CS(=O)(=O)N1CCC(NC(=O)C2CC=CCC2)CC1. The Bertz CT molecular complexity index is 451. The van der Waals surface area contributed by atoms with Gasteiger partial charge in [-0.05, 0) is 32.1 Å². The van der Waals surface area contributed by atoms with Crippen molar-refractivity contribution >= 4 is 15.9 Å². The number of sulfonamides is 1. The van der Waals surface area contributed by atoms with Gasteiger partial charge in [0.2, 0.25) is 15.9 Å². The van der Waals surface area contributed by atoms with E-state index in [1.807, 2.05) is 0 Å². The molecule has 0 aromatic carbocycles. The van der Waals surface area contributed by atoms with Gasteiger partial charge in [-0.1, -0.05) is 12.2 Å². The molecular formula is C13H22N2O3S. The summed E-state index contributed by atoms with van der Waals surface area (Å²) in [6, 6.07) is 0.122. The molecule has 1 atom stereocenters. The summed E-state index contributed by atoms with van der Waals surface area (Å²) in [6.45, 7) is 1.02. The summed E-state index contributed by atoms with van der Waals surface area (Å²) >= 11 is 0. The highest BCUT2D eigenvalue weighted by Crippen LogP contribution is 2.19. The summed E-state index contributed by atoms with van der Waals surface area (Å²) in [5.41, 5.74) is 0. The average Bonchev–Trinajstić information content (AvgIpc) is 2.39. The van der Waals surface area contributed by atoms with Gasteiger partial charge in [0.15, 0.2) is 0 Å². The highest BCUT2D eigenvalue weighted by atomic mass is 32.2. The molecule has 5 nitrogen and oxygen atoms in total. The van der Waals surface area contributed by atoms with Crippen molar-refractivity contribution in [2.75, 3.05) is 19.3 Å². The van der Waals surface area contributed by atoms with Gasteiger partial charge >= 0.3 is 0 Å². The summed E-state index contributed by atoms with van der Waals surface area (Å²) in [7, 11) is -3.09. The molecule has 0 spiro atoms. The third-order valence-corrected chi connectivity index (χ3v) is 5.21. The molecule has 0 radical (unpaired) electrons. The van der Waals surface area contributed by atoms with Crippen molar-refractivity contribution in [3.8, 4) is 0 Å². The number of hydrogen-bond acceptors (Lipinski definition) is 3. The van der Waals surface area contributed by atoms with E-state index in [1.54, 1.807) is 0 Å². The predicted octanol–water partition coefficient (Wildman–Crippen LogP) is 0.883. The Morgan fingerprint density at radius 2 is 1.89 bits per heavy atom. The van der Waals surface area contributed by atoms with Gasteiger partial charge in [0.05, 0.1) is 6.26 Å². The minimum Gasteiger partial charge on any atom is -0.353 e. The topological polar surface area (TPSA) is 66.5 Å². The van der Waals surface area contributed by atoms with E-state index in [2.05, 4.69) is 17.5 Å². The quantitative estimate of drug-likeness (QED) is 0.783. The molecule has 0 bridgehead atoms. The van der Waals surface area contributed by atoms with E-state index in [0.29, 0.717) is 25.9 Å². The zero-order valence-corrected chi connectivity index (χ0v) is 12.2. The predicted molar refractivity (Wildman–Crippen MR) is 74.1 cm³/mol. The van der Waals surface area contributed by atoms with Gasteiger partial charge in [0.1, 0.15) is 0 Å². The van der Waals surface area contributed by atoms with Crippen LogP contribution in [0.2, 0.25) is 0 Å². The number of nitrogens with zero attached hydrogens (tertiary/aromatic N) is 1. The number of nitrogens with one attached hydrogen (secondary N) is 1. The Morgan fingerprint density at radius 1 is 1.21 bits per heavy atom. The molecule has 6 heteroatoms. The molecule has 2 aliphatic rings. The van der Waals surface area contributed by atoms with E-state index in [9.17, 15) is 13.2 Å². The van der Waals surface area contributed by atoms with Crippen LogP contribution in [0.25, 0.3) is 0 Å². The molecular weight excluding hydrogens is 264 g/mol. The molecule has 108 valence electrons. The molecule has 2 rings (SSSR count). The lowest BCUT2D eigenvalue weighted by molar-refractivity contribution is -0.126. The molecule has 1 saturated heterocycles. The van der Waals surface area contributed by atoms with E-state index in [4.69, 9.17) is 0 Å². The first-order chi connectivity index (χ1) is 8.97. The lowest BCUT2D eigenvalue weighted by Crippen LogP contribution is -2.47. The van der Waals surface area contributed by atoms with E-state index < -0.39 is 10.0 Å². The average molecular weight is 286 g/mol. The van der Waals surface area contributed by atoms with E-state index >= 15 is 0 Å². The van der Waals surface area contributed by atoms with Crippen molar-refractivity contribution in [3.63, 3.8) is 0 Å². The van der Waals surface area contributed by atoms with Crippen molar-refractivity contribution in [3.05, 3.63) is 12.2 Å². The fourth-order valence-corrected chi connectivity index (χ4v) is 3.56. The highest BCUT2D eigenvalue weighted by molar-refractivity contribution is 7.88. The van der Waals surface area contributed by atoms with Gasteiger partial charge in [-0.3, -0.25) is 4.79 Å². The molecule has 1 unspecified atom stereocenters. The zero-order chi connectivity index (χ0) is 13.9. The van der Waals surface area contributed by atoms with E-state index in [0.717, 1.165) is 19.3 Å². The van der Waals surface area contributed by atoms with Gasteiger partial charge in [-0.25, -0.2) is 12.7 Å². The minimum atomic E-state index is -3.09. The van der Waals surface area contributed by atoms with Crippen molar-refractivity contribution in [2.24, 2.45) is 5.92 Å². The molecule has 1 heterocycles. The molecule has 0 aromatic rings. The molecule has 0 saturated carbocycles. The van der Waals surface area contributed by atoms with Crippen molar-refractivity contribution in [2.45, 2.75) is 38.1 Å². The zero-order valence-electron chi connectivity index (χ0n) is 11.3. The fourth-order valence-electron chi connectivity index (χ4n) is 2.68. The number of hydrogen-bond donors (Lipinski definition) is 1. The van der Waals surface area contributed by atoms with Crippen molar-refractivity contribution in [1.29, 1.82) is 0 Å². The van der Waals surface area contributed by atoms with Gasteiger partial charge in [-0.2, -0.15) is 0 Å². The maximum Gasteiger partial charge on any atom is 0.223 e. The fraction of sp³-hybridized carbons (Fsp3) is 0.769. The first-order valence-electron chi connectivity index (χ1n) is 6.87. The molecule has 19 heavy (non-hydrogen) atoms. The van der Waals surface area contributed by atoms with Crippen LogP contribution in [0.5, 0.6) is 0 Å². The summed E-state index contributed by atoms with van der Waals surface area (Å²) < 4.78 is 24.3. The van der Waals surface area contributed by atoms with Gasteiger partial charge in [0.25, 0.3) is 0 Å². The Kier molecular flexibility index (Phi) is 4.62. The second-order valence-electron chi connectivity index (χ2n) is 5.43. The number of carbonyl (C=O) groups is 1. The Labute approximate surface area is 115 Å². The Hall–Kier alpha value is -0.880. The first-order valence-corrected chi connectivity index (χ1v) is 8.72. The first kappa shape index (κ1) is 14.5. The van der Waals surface area contributed by atoms with Crippen LogP contribution >= 0.6 is 0 Å².